The number of rotatable bonds is 4. The van der Waals surface area contributed by atoms with E-state index >= 15 is 0 Å². The SMILES string of the molecule is CNCC1COCCN1Cc1nnn(C)n1. The topological polar surface area (TPSA) is 68.1 Å². The summed E-state index contributed by atoms with van der Waals surface area (Å²) in [5.74, 6) is 0.769. The summed E-state index contributed by atoms with van der Waals surface area (Å²) in [6, 6.07) is 0.391. The minimum absolute atomic E-state index is 0.391. The highest BCUT2D eigenvalue weighted by molar-refractivity contribution is 4.83. The zero-order chi connectivity index (χ0) is 11.4. The van der Waals surface area contributed by atoms with Crippen molar-refractivity contribution in [3.63, 3.8) is 0 Å². The maximum atomic E-state index is 5.46. The lowest BCUT2D eigenvalue weighted by Gasteiger charge is -2.34. The van der Waals surface area contributed by atoms with E-state index in [1.54, 1.807) is 7.05 Å². The van der Waals surface area contributed by atoms with Crippen LogP contribution >= 0.6 is 0 Å². The van der Waals surface area contributed by atoms with E-state index in [-0.39, 0.29) is 0 Å². The number of hydrogen-bond acceptors (Lipinski definition) is 6. The van der Waals surface area contributed by atoms with Crippen LogP contribution in [0.25, 0.3) is 0 Å². The van der Waals surface area contributed by atoms with Crippen molar-refractivity contribution < 1.29 is 4.74 Å². The van der Waals surface area contributed by atoms with Crippen molar-refractivity contribution in [2.45, 2.75) is 12.6 Å². The van der Waals surface area contributed by atoms with Crippen LogP contribution in [0.1, 0.15) is 5.82 Å². The normalized spacial score (nSPS) is 22.5. The Morgan fingerprint density at radius 3 is 3.12 bits per heavy atom. The first-order chi connectivity index (χ1) is 7.79. The van der Waals surface area contributed by atoms with Gasteiger partial charge in [0.1, 0.15) is 0 Å². The molecule has 16 heavy (non-hydrogen) atoms. The second-order valence-electron chi connectivity index (χ2n) is 3.95. The van der Waals surface area contributed by atoms with Gasteiger partial charge in [0.25, 0.3) is 0 Å². The molecule has 2 heterocycles. The van der Waals surface area contributed by atoms with Gasteiger partial charge in [0.2, 0.25) is 0 Å². The molecule has 0 aromatic carbocycles. The number of nitrogens with zero attached hydrogens (tertiary/aromatic N) is 5. The van der Waals surface area contributed by atoms with E-state index in [4.69, 9.17) is 4.74 Å². The molecule has 0 aliphatic carbocycles. The Morgan fingerprint density at radius 2 is 2.44 bits per heavy atom. The highest BCUT2D eigenvalue weighted by Gasteiger charge is 2.23. The molecule has 0 radical (unpaired) electrons. The maximum absolute atomic E-state index is 5.46. The molecule has 1 atom stereocenters. The Hall–Kier alpha value is -1.05. The van der Waals surface area contributed by atoms with Gasteiger partial charge in [0, 0.05) is 19.1 Å². The van der Waals surface area contributed by atoms with E-state index in [1.165, 1.54) is 4.80 Å². The molecule has 0 amide bonds. The van der Waals surface area contributed by atoms with Gasteiger partial charge in [-0.1, -0.05) is 0 Å². The maximum Gasteiger partial charge on any atom is 0.188 e. The van der Waals surface area contributed by atoms with Crippen LogP contribution in [0.3, 0.4) is 0 Å². The molecule has 1 N–H and O–H groups in total. The molecule has 0 saturated carbocycles. The van der Waals surface area contributed by atoms with Crippen molar-refractivity contribution in [3.05, 3.63) is 5.82 Å². The van der Waals surface area contributed by atoms with E-state index in [1.807, 2.05) is 7.05 Å². The summed E-state index contributed by atoms with van der Waals surface area (Å²) in [6.45, 7) is 4.12. The largest absolute Gasteiger partial charge is 0.378 e. The van der Waals surface area contributed by atoms with Gasteiger partial charge >= 0.3 is 0 Å². The molecule has 1 aromatic rings. The third-order valence-electron chi connectivity index (χ3n) is 2.68. The van der Waals surface area contributed by atoms with Gasteiger partial charge in [-0.25, -0.2) is 0 Å². The van der Waals surface area contributed by atoms with E-state index in [2.05, 4.69) is 25.6 Å². The lowest BCUT2D eigenvalue weighted by Crippen LogP contribution is -2.49. The molecule has 2 rings (SSSR count). The van der Waals surface area contributed by atoms with Gasteiger partial charge in [-0.3, -0.25) is 4.90 Å². The van der Waals surface area contributed by atoms with Gasteiger partial charge in [0.15, 0.2) is 5.82 Å². The van der Waals surface area contributed by atoms with Crippen molar-refractivity contribution in [1.82, 2.24) is 30.4 Å². The summed E-state index contributed by atoms with van der Waals surface area (Å²) < 4.78 is 5.46. The molecule has 7 heteroatoms. The van der Waals surface area contributed by atoms with Crippen LogP contribution in [-0.2, 0) is 18.3 Å². The molecule has 1 aliphatic rings. The van der Waals surface area contributed by atoms with Gasteiger partial charge in [0.05, 0.1) is 26.8 Å². The number of nitrogens with one attached hydrogen (secondary N) is 1. The molecule has 1 aliphatic heterocycles. The number of tetrazole rings is 1. The molecule has 90 valence electrons. The molecule has 1 aromatic heterocycles. The van der Waals surface area contributed by atoms with Gasteiger partial charge < -0.3 is 10.1 Å². The molecule has 1 fully saturated rings. The van der Waals surface area contributed by atoms with Crippen LogP contribution in [0.4, 0.5) is 0 Å². The highest BCUT2D eigenvalue weighted by Crippen LogP contribution is 2.08. The molecule has 7 nitrogen and oxygen atoms in total. The van der Waals surface area contributed by atoms with Crippen molar-refractivity contribution in [2.75, 3.05) is 33.4 Å². The van der Waals surface area contributed by atoms with Crippen molar-refractivity contribution >= 4 is 0 Å². The molecule has 0 bridgehead atoms. The number of ether oxygens (including phenoxy) is 1. The second-order valence-corrected chi connectivity index (χ2v) is 3.95. The average molecular weight is 226 g/mol. The molecular formula is C9H18N6O. The fraction of sp³-hybridized carbons (Fsp3) is 0.889. The fourth-order valence-corrected chi connectivity index (χ4v) is 1.89. The Bertz CT molecular complexity index is 326. The Morgan fingerprint density at radius 1 is 1.56 bits per heavy atom. The van der Waals surface area contributed by atoms with Crippen LogP contribution in [0, 0.1) is 0 Å². The first-order valence-corrected chi connectivity index (χ1v) is 5.49. The summed E-state index contributed by atoms with van der Waals surface area (Å²) in [5.41, 5.74) is 0. The third-order valence-corrected chi connectivity index (χ3v) is 2.68. The van der Waals surface area contributed by atoms with Crippen molar-refractivity contribution in [2.24, 2.45) is 7.05 Å². The summed E-state index contributed by atoms with van der Waals surface area (Å²) >= 11 is 0. The van der Waals surface area contributed by atoms with Crippen molar-refractivity contribution in [3.8, 4) is 0 Å². The van der Waals surface area contributed by atoms with Gasteiger partial charge in [-0.15, -0.1) is 10.2 Å². The lowest BCUT2D eigenvalue weighted by atomic mass is 10.2. The molecular weight excluding hydrogens is 208 g/mol. The van der Waals surface area contributed by atoms with Crippen LogP contribution in [0.5, 0.6) is 0 Å². The highest BCUT2D eigenvalue weighted by atomic mass is 16.5. The minimum atomic E-state index is 0.391. The average Bonchev–Trinajstić information content (AvgIpc) is 2.67. The fourth-order valence-electron chi connectivity index (χ4n) is 1.89. The first kappa shape index (κ1) is 11.4. The monoisotopic (exact) mass is 226 g/mol. The Labute approximate surface area is 94.8 Å². The molecule has 1 saturated heterocycles. The number of aromatic nitrogens is 4. The predicted octanol–water partition coefficient (Wildman–Crippen LogP) is -1.37. The second kappa shape index (κ2) is 5.33. The summed E-state index contributed by atoms with van der Waals surface area (Å²) in [7, 11) is 3.73. The summed E-state index contributed by atoms with van der Waals surface area (Å²) in [5, 5.41) is 15.2. The third kappa shape index (κ3) is 2.75. The summed E-state index contributed by atoms with van der Waals surface area (Å²) in [6.07, 6.45) is 0. The van der Waals surface area contributed by atoms with Gasteiger partial charge in [-0.2, -0.15) is 4.80 Å². The predicted molar refractivity (Wildman–Crippen MR) is 57.7 cm³/mol. The lowest BCUT2D eigenvalue weighted by molar-refractivity contribution is -0.0114. The zero-order valence-corrected chi connectivity index (χ0v) is 9.76. The van der Waals surface area contributed by atoms with Crippen LogP contribution in [-0.4, -0.2) is 64.5 Å². The smallest absolute Gasteiger partial charge is 0.188 e. The zero-order valence-electron chi connectivity index (χ0n) is 9.76. The number of likely N-dealkylation sites (N-methyl/N-ethyl adjacent to an activating group) is 1. The Balaban J connectivity index is 1.95. The Kier molecular flexibility index (Phi) is 3.81. The quantitative estimate of drug-likeness (QED) is 0.683. The van der Waals surface area contributed by atoms with Crippen molar-refractivity contribution in [1.29, 1.82) is 0 Å². The van der Waals surface area contributed by atoms with E-state index in [9.17, 15) is 0 Å². The summed E-state index contributed by atoms with van der Waals surface area (Å²) in [4.78, 5) is 3.82. The number of hydrogen-bond donors (Lipinski definition) is 1. The molecule has 1 unspecified atom stereocenters. The van der Waals surface area contributed by atoms with Gasteiger partial charge in [-0.05, 0) is 12.3 Å². The van der Waals surface area contributed by atoms with Crippen LogP contribution in [0.15, 0.2) is 0 Å². The standard InChI is InChI=1S/C9H18N6O/c1-10-5-8-7-16-4-3-15(8)6-9-11-13-14(2)12-9/h8,10H,3-7H2,1-2H3. The number of aryl methyl sites for hydroxylation is 1. The van der Waals surface area contributed by atoms with Crippen LogP contribution in [0.2, 0.25) is 0 Å². The number of morpholine rings is 1. The van der Waals surface area contributed by atoms with E-state index in [0.717, 1.165) is 38.7 Å². The van der Waals surface area contributed by atoms with E-state index < -0.39 is 0 Å². The molecule has 0 spiro atoms. The first-order valence-electron chi connectivity index (χ1n) is 5.49. The minimum Gasteiger partial charge on any atom is -0.378 e. The van der Waals surface area contributed by atoms with Crippen LogP contribution < -0.4 is 5.32 Å². The van der Waals surface area contributed by atoms with E-state index in [0.29, 0.717) is 6.04 Å².